The Kier molecular flexibility index (Phi) is 6.21. The third kappa shape index (κ3) is 4.81. The van der Waals surface area contributed by atoms with E-state index in [1.165, 1.54) is 5.56 Å². The Hall–Kier alpha value is -2.43. The molecule has 5 heteroatoms. The molecular formula is C21H23ClN4. The fourth-order valence-corrected chi connectivity index (χ4v) is 3.13. The first-order chi connectivity index (χ1) is 12.7. The Morgan fingerprint density at radius 2 is 1.85 bits per heavy atom. The first kappa shape index (κ1) is 18.4. The molecule has 2 aromatic heterocycles. The van der Waals surface area contributed by atoms with Crippen molar-refractivity contribution in [1.29, 1.82) is 0 Å². The maximum atomic E-state index is 6.38. The summed E-state index contributed by atoms with van der Waals surface area (Å²) >= 11 is 6.38. The minimum absolute atomic E-state index is 0.714. The van der Waals surface area contributed by atoms with Crippen molar-refractivity contribution in [2.24, 2.45) is 0 Å². The lowest BCUT2D eigenvalue weighted by Gasteiger charge is -2.22. The van der Waals surface area contributed by atoms with Crippen LogP contribution >= 0.6 is 11.6 Å². The Balaban J connectivity index is 1.82. The molecule has 0 aliphatic heterocycles. The van der Waals surface area contributed by atoms with Gasteiger partial charge in [-0.2, -0.15) is 5.10 Å². The highest BCUT2D eigenvalue weighted by atomic mass is 35.5. The quantitative estimate of drug-likeness (QED) is 0.545. The van der Waals surface area contributed by atoms with Gasteiger partial charge in [0.15, 0.2) is 0 Å². The van der Waals surface area contributed by atoms with Crippen LogP contribution in [0.4, 0.5) is 0 Å². The average Bonchev–Trinajstić information content (AvgIpc) is 2.97. The van der Waals surface area contributed by atoms with Crippen molar-refractivity contribution in [1.82, 2.24) is 19.7 Å². The second-order valence-electron chi connectivity index (χ2n) is 6.31. The summed E-state index contributed by atoms with van der Waals surface area (Å²) in [5.74, 6) is 0. The van der Waals surface area contributed by atoms with E-state index in [1.54, 1.807) is 0 Å². The average molecular weight is 367 g/mol. The van der Waals surface area contributed by atoms with Crippen LogP contribution in [0, 0.1) is 6.92 Å². The maximum absolute atomic E-state index is 6.38. The molecule has 26 heavy (non-hydrogen) atoms. The summed E-state index contributed by atoms with van der Waals surface area (Å²) in [6, 6.07) is 14.0. The highest BCUT2D eigenvalue weighted by Crippen LogP contribution is 2.20. The summed E-state index contributed by atoms with van der Waals surface area (Å²) in [6.07, 6.45) is 5.77. The zero-order valence-corrected chi connectivity index (χ0v) is 15.7. The highest BCUT2D eigenvalue weighted by molar-refractivity contribution is 6.31. The normalized spacial score (nSPS) is 11.0. The number of rotatable bonds is 8. The Morgan fingerprint density at radius 3 is 2.58 bits per heavy atom. The van der Waals surface area contributed by atoms with E-state index in [0.717, 1.165) is 41.6 Å². The van der Waals surface area contributed by atoms with E-state index in [2.05, 4.69) is 33.8 Å². The van der Waals surface area contributed by atoms with Crippen LogP contribution in [0.2, 0.25) is 5.02 Å². The second kappa shape index (κ2) is 8.79. The van der Waals surface area contributed by atoms with Gasteiger partial charge in [-0.15, -0.1) is 6.58 Å². The standard InChI is InChI=1S/C21H23ClN4/c1-3-12-26-15-19(17(2)24-26)14-25(16-20-9-6-7-11-23-20)13-18-8-4-5-10-21(18)22/h3-11,15H,1,12-14,16H2,2H3. The summed E-state index contributed by atoms with van der Waals surface area (Å²) in [5.41, 5.74) is 4.39. The lowest BCUT2D eigenvalue weighted by molar-refractivity contribution is 0.244. The molecule has 2 heterocycles. The third-order valence-corrected chi connectivity index (χ3v) is 4.59. The minimum Gasteiger partial charge on any atom is -0.289 e. The van der Waals surface area contributed by atoms with Crippen LogP contribution in [-0.2, 0) is 26.2 Å². The molecule has 4 nitrogen and oxygen atoms in total. The molecule has 0 saturated heterocycles. The molecule has 0 amide bonds. The number of halogens is 1. The summed E-state index contributed by atoms with van der Waals surface area (Å²) in [7, 11) is 0. The van der Waals surface area contributed by atoms with Crippen LogP contribution in [0.5, 0.6) is 0 Å². The predicted molar refractivity (Wildman–Crippen MR) is 106 cm³/mol. The number of pyridine rings is 1. The molecule has 0 atom stereocenters. The third-order valence-electron chi connectivity index (χ3n) is 4.22. The summed E-state index contributed by atoms with van der Waals surface area (Å²) in [4.78, 5) is 6.81. The van der Waals surface area contributed by atoms with Crippen LogP contribution < -0.4 is 0 Å². The molecule has 3 rings (SSSR count). The molecular weight excluding hydrogens is 344 g/mol. The molecule has 3 aromatic rings. The van der Waals surface area contributed by atoms with Crippen LogP contribution in [0.15, 0.2) is 67.5 Å². The summed E-state index contributed by atoms with van der Waals surface area (Å²) in [5, 5.41) is 5.35. The van der Waals surface area contributed by atoms with E-state index in [1.807, 2.05) is 60.3 Å². The van der Waals surface area contributed by atoms with Crippen LogP contribution in [0.25, 0.3) is 0 Å². The van der Waals surface area contributed by atoms with Gasteiger partial charge in [0.2, 0.25) is 0 Å². The fourth-order valence-electron chi connectivity index (χ4n) is 2.94. The van der Waals surface area contributed by atoms with Crippen molar-refractivity contribution < 1.29 is 0 Å². The van der Waals surface area contributed by atoms with Crippen LogP contribution in [-0.4, -0.2) is 19.7 Å². The zero-order valence-electron chi connectivity index (χ0n) is 15.0. The molecule has 0 unspecified atom stereocenters. The van der Waals surface area contributed by atoms with Gasteiger partial charge in [0.05, 0.1) is 17.9 Å². The topological polar surface area (TPSA) is 34.0 Å². The van der Waals surface area contributed by atoms with Crippen LogP contribution in [0.3, 0.4) is 0 Å². The van der Waals surface area contributed by atoms with Crippen LogP contribution in [0.1, 0.15) is 22.5 Å². The van der Waals surface area contributed by atoms with E-state index >= 15 is 0 Å². The van der Waals surface area contributed by atoms with Gasteiger partial charge >= 0.3 is 0 Å². The largest absolute Gasteiger partial charge is 0.289 e. The number of nitrogens with zero attached hydrogens (tertiary/aromatic N) is 4. The molecule has 0 N–H and O–H groups in total. The highest BCUT2D eigenvalue weighted by Gasteiger charge is 2.14. The number of aryl methyl sites for hydroxylation is 1. The van der Waals surface area contributed by atoms with Crippen molar-refractivity contribution in [2.75, 3.05) is 0 Å². The van der Waals surface area contributed by atoms with Gasteiger partial charge in [-0.05, 0) is 30.7 Å². The van der Waals surface area contributed by atoms with Gasteiger partial charge in [0.25, 0.3) is 0 Å². The monoisotopic (exact) mass is 366 g/mol. The zero-order chi connectivity index (χ0) is 18.4. The Bertz CT molecular complexity index is 857. The van der Waals surface area contributed by atoms with Gasteiger partial charge in [0.1, 0.15) is 0 Å². The molecule has 0 aliphatic carbocycles. The predicted octanol–water partition coefficient (Wildman–Crippen LogP) is 4.63. The molecule has 0 bridgehead atoms. The number of benzene rings is 1. The van der Waals surface area contributed by atoms with Crippen molar-refractivity contribution in [3.05, 3.63) is 95.1 Å². The van der Waals surface area contributed by atoms with Crippen molar-refractivity contribution in [3.8, 4) is 0 Å². The molecule has 134 valence electrons. The van der Waals surface area contributed by atoms with Crippen molar-refractivity contribution in [3.63, 3.8) is 0 Å². The first-order valence-electron chi connectivity index (χ1n) is 8.65. The van der Waals surface area contributed by atoms with E-state index in [9.17, 15) is 0 Å². The Labute approximate surface area is 159 Å². The van der Waals surface area contributed by atoms with Gasteiger partial charge in [0, 0.05) is 42.6 Å². The molecule has 1 aromatic carbocycles. The number of allylic oxidation sites excluding steroid dienone is 1. The van der Waals surface area contributed by atoms with E-state index < -0.39 is 0 Å². The fraction of sp³-hybridized carbons (Fsp3) is 0.238. The maximum Gasteiger partial charge on any atom is 0.0638 e. The van der Waals surface area contributed by atoms with Crippen molar-refractivity contribution >= 4 is 11.6 Å². The smallest absolute Gasteiger partial charge is 0.0638 e. The number of aromatic nitrogens is 3. The second-order valence-corrected chi connectivity index (χ2v) is 6.72. The summed E-state index contributed by atoms with van der Waals surface area (Å²) in [6.45, 7) is 8.82. The lowest BCUT2D eigenvalue weighted by Crippen LogP contribution is -2.23. The number of hydrogen-bond donors (Lipinski definition) is 0. The van der Waals surface area contributed by atoms with E-state index in [4.69, 9.17) is 11.6 Å². The SMILES string of the molecule is C=CCn1cc(CN(Cc2ccccn2)Cc2ccccc2Cl)c(C)n1. The first-order valence-corrected chi connectivity index (χ1v) is 9.03. The molecule has 0 saturated carbocycles. The molecule has 0 aliphatic rings. The van der Waals surface area contributed by atoms with Gasteiger partial charge < -0.3 is 0 Å². The summed E-state index contributed by atoms with van der Waals surface area (Å²) < 4.78 is 1.92. The minimum atomic E-state index is 0.714. The number of hydrogen-bond acceptors (Lipinski definition) is 3. The molecule has 0 radical (unpaired) electrons. The van der Waals surface area contributed by atoms with E-state index in [-0.39, 0.29) is 0 Å². The van der Waals surface area contributed by atoms with Gasteiger partial charge in [-0.25, -0.2) is 0 Å². The molecule has 0 fully saturated rings. The lowest BCUT2D eigenvalue weighted by atomic mass is 10.1. The Morgan fingerprint density at radius 1 is 1.08 bits per heavy atom. The van der Waals surface area contributed by atoms with Gasteiger partial charge in [-0.1, -0.05) is 41.9 Å². The van der Waals surface area contributed by atoms with E-state index in [0.29, 0.717) is 6.54 Å². The van der Waals surface area contributed by atoms with Gasteiger partial charge in [-0.3, -0.25) is 14.6 Å². The van der Waals surface area contributed by atoms with Crippen molar-refractivity contribution in [2.45, 2.75) is 33.1 Å². The molecule has 0 spiro atoms.